The van der Waals surface area contributed by atoms with Crippen molar-refractivity contribution in [2.45, 2.75) is 45.4 Å². The van der Waals surface area contributed by atoms with Crippen LogP contribution in [0.2, 0.25) is 0 Å². The first-order valence-electron chi connectivity index (χ1n) is 14.0. The highest BCUT2D eigenvalue weighted by Crippen LogP contribution is 2.38. The quantitative estimate of drug-likeness (QED) is 0.130. The van der Waals surface area contributed by atoms with Gasteiger partial charge in [-0.2, -0.15) is 4.73 Å². The standard InChI is InChI=1S/C31H29F4N5O5/c1-16-5-4-6-22(25-11-7-18(15-40(25)43)23-13-19(32)8-12-26(23)45-31(33,34)35)28-36-17(2)27(39-28)21-10-9-20(37-30(42)44-3)14-24(21)38-29(16)41/h7-16,22H,4-6H2,1-3H3,(H,36,39)(H,37,42)(H,38,41). The van der Waals surface area contributed by atoms with E-state index in [1.54, 1.807) is 32.0 Å². The summed E-state index contributed by atoms with van der Waals surface area (Å²) in [5.41, 5.74) is 2.55. The van der Waals surface area contributed by atoms with E-state index in [-0.39, 0.29) is 22.7 Å². The van der Waals surface area contributed by atoms with Gasteiger partial charge in [-0.05, 0) is 62.2 Å². The molecule has 2 atom stereocenters. The van der Waals surface area contributed by atoms with E-state index in [0.29, 0.717) is 58.1 Å². The Kier molecular flexibility index (Phi) is 8.66. The van der Waals surface area contributed by atoms with Crippen molar-refractivity contribution in [1.82, 2.24) is 9.97 Å². The Bertz CT molecular complexity index is 1760. The minimum absolute atomic E-state index is 0.0209. The predicted octanol–water partition coefficient (Wildman–Crippen LogP) is 6.79. The zero-order valence-electron chi connectivity index (χ0n) is 24.4. The van der Waals surface area contributed by atoms with E-state index in [1.165, 1.54) is 19.2 Å². The molecule has 1 aliphatic rings. The fourth-order valence-corrected chi connectivity index (χ4v) is 5.31. The van der Waals surface area contributed by atoms with Crippen LogP contribution in [-0.2, 0) is 9.53 Å². The molecule has 0 fully saturated rings. The topological polar surface area (TPSA) is 132 Å². The van der Waals surface area contributed by atoms with Crippen molar-refractivity contribution in [3.63, 3.8) is 0 Å². The smallest absolute Gasteiger partial charge is 0.573 e. The number of nitrogens with zero attached hydrogens (tertiary/aromatic N) is 2. The number of rotatable bonds is 4. The first-order chi connectivity index (χ1) is 21.3. The summed E-state index contributed by atoms with van der Waals surface area (Å²) in [6.07, 6.45) is -3.20. The Balaban J connectivity index is 1.57. The predicted molar refractivity (Wildman–Crippen MR) is 156 cm³/mol. The summed E-state index contributed by atoms with van der Waals surface area (Å²) >= 11 is 0. The van der Waals surface area contributed by atoms with Crippen molar-refractivity contribution in [2.75, 3.05) is 17.7 Å². The van der Waals surface area contributed by atoms with Crippen LogP contribution >= 0.6 is 0 Å². The highest BCUT2D eigenvalue weighted by Gasteiger charge is 2.33. The number of aryl methyl sites for hydroxylation is 1. The molecule has 3 N–H and O–H groups in total. The summed E-state index contributed by atoms with van der Waals surface area (Å²) in [7, 11) is 1.23. The Morgan fingerprint density at radius 3 is 2.60 bits per heavy atom. The number of aromatic amines is 1. The zero-order chi connectivity index (χ0) is 32.5. The fraction of sp³-hybridized carbons (Fsp3) is 0.290. The van der Waals surface area contributed by atoms with E-state index < -0.39 is 35.9 Å². The third kappa shape index (κ3) is 7.00. The number of halogens is 4. The number of methoxy groups -OCH3 is 1. The Morgan fingerprint density at radius 2 is 1.89 bits per heavy atom. The number of nitrogens with one attached hydrogen (secondary N) is 3. The van der Waals surface area contributed by atoms with Crippen LogP contribution in [-0.4, -0.2) is 35.4 Å². The molecule has 0 spiro atoms. The van der Waals surface area contributed by atoms with Crippen LogP contribution in [0.25, 0.3) is 22.4 Å². The van der Waals surface area contributed by atoms with Crippen molar-refractivity contribution >= 4 is 23.4 Å². The molecule has 2 aromatic carbocycles. The van der Waals surface area contributed by atoms with E-state index in [2.05, 4.69) is 25.1 Å². The van der Waals surface area contributed by atoms with Gasteiger partial charge >= 0.3 is 12.5 Å². The maximum atomic E-state index is 14.0. The van der Waals surface area contributed by atoms with Gasteiger partial charge in [-0.3, -0.25) is 10.1 Å². The highest BCUT2D eigenvalue weighted by atomic mass is 19.4. The van der Waals surface area contributed by atoms with Crippen LogP contribution < -0.4 is 20.1 Å². The van der Waals surface area contributed by atoms with Gasteiger partial charge in [0, 0.05) is 34.5 Å². The number of benzene rings is 2. The molecule has 2 unspecified atom stereocenters. The summed E-state index contributed by atoms with van der Waals surface area (Å²) in [6, 6.07) is 10.4. The van der Waals surface area contributed by atoms with E-state index in [0.717, 1.165) is 24.4 Å². The molecule has 5 rings (SSSR count). The number of pyridine rings is 1. The van der Waals surface area contributed by atoms with Crippen molar-refractivity contribution < 1.29 is 41.4 Å². The minimum atomic E-state index is -5.02. The Hall–Kier alpha value is -5.14. The second-order valence-corrected chi connectivity index (χ2v) is 10.7. The largest absolute Gasteiger partial charge is 0.618 e. The number of fused-ring (bicyclic) bond motifs is 4. The molecule has 2 bridgehead atoms. The van der Waals surface area contributed by atoms with Crippen LogP contribution in [0.5, 0.6) is 5.75 Å². The fourth-order valence-electron chi connectivity index (χ4n) is 5.31. The van der Waals surface area contributed by atoms with Crippen molar-refractivity contribution in [1.29, 1.82) is 0 Å². The average molecular weight is 628 g/mol. The lowest BCUT2D eigenvalue weighted by atomic mass is 9.92. The first kappa shape index (κ1) is 31.3. The lowest BCUT2D eigenvalue weighted by Gasteiger charge is -2.19. The zero-order valence-corrected chi connectivity index (χ0v) is 24.4. The number of hydrogen-bond acceptors (Lipinski definition) is 6. The van der Waals surface area contributed by atoms with Crippen molar-refractivity contribution in [3.05, 3.63) is 83.0 Å². The van der Waals surface area contributed by atoms with Crippen molar-refractivity contribution in [2.24, 2.45) is 5.92 Å². The van der Waals surface area contributed by atoms with Crippen LogP contribution in [0.1, 0.15) is 49.3 Å². The molecule has 45 heavy (non-hydrogen) atoms. The number of aromatic nitrogens is 3. The van der Waals surface area contributed by atoms with Gasteiger partial charge in [-0.15, -0.1) is 13.2 Å². The molecular formula is C31H29F4N5O5. The van der Waals surface area contributed by atoms with Crippen molar-refractivity contribution in [3.8, 4) is 28.1 Å². The molecule has 14 heteroatoms. The molecule has 3 heterocycles. The maximum absolute atomic E-state index is 14.0. The molecule has 0 radical (unpaired) electrons. The van der Waals surface area contributed by atoms with Gasteiger partial charge < -0.3 is 25.0 Å². The molecule has 0 saturated heterocycles. The Morgan fingerprint density at radius 1 is 1.11 bits per heavy atom. The monoisotopic (exact) mass is 627 g/mol. The van der Waals surface area contributed by atoms with Gasteiger partial charge in [-0.25, -0.2) is 14.2 Å². The third-order valence-corrected chi connectivity index (χ3v) is 7.55. The van der Waals surface area contributed by atoms with Crippen LogP contribution in [0.15, 0.2) is 54.7 Å². The molecule has 2 amide bonds. The lowest BCUT2D eigenvalue weighted by Crippen LogP contribution is -2.34. The molecule has 4 aromatic rings. The number of hydrogen-bond donors (Lipinski definition) is 3. The number of anilines is 2. The van der Waals surface area contributed by atoms with E-state index in [1.807, 2.05) is 0 Å². The van der Waals surface area contributed by atoms with Gasteiger partial charge in [0.2, 0.25) is 11.6 Å². The molecule has 2 aromatic heterocycles. The molecular weight excluding hydrogens is 598 g/mol. The highest BCUT2D eigenvalue weighted by molar-refractivity contribution is 5.98. The second-order valence-electron chi connectivity index (χ2n) is 10.7. The summed E-state index contributed by atoms with van der Waals surface area (Å²) in [5, 5.41) is 19.0. The number of alkyl halides is 3. The molecule has 1 aliphatic heterocycles. The Labute approximate surface area is 255 Å². The number of imidazole rings is 1. The number of carbonyl (C=O) groups excluding carboxylic acids is 2. The normalized spacial score (nSPS) is 16.9. The summed E-state index contributed by atoms with van der Waals surface area (Å²) < 4.78 is 62.3. The van der Waals surface area contributed by atoms with Crippen LogP contribution in [0.3, 0.4) is 0 Å². The summed E-state index contributed by atoms with van der Waals surface area (Å²) in [5.74, 6) is -2.21. The van der Waals surface area contributed by atoms with E-state index >= 15 is 0 Å². The van der Waals surface area contributed by atoms with E-state index in [9.17, 15) is 32.4 Å². The minimum Gasteiger partial charge on any atom is -0.618 e. The number of H-pyrrole nitrogens is 1. The second kappa shape index (κ2) is 12.5. The van der Waals surface area contributed by atoms with Gasteiger partial charge in [-0.1, -0.05) is 13.3 Å². The molecule has 0 aliphatic carbocycles. The first-order valence-corrected chi connectivity index (χ1v) is 14.0. The van der Waals surface area contributed by atoms with Gasteiger partial charge in [0.1, 0.15) is 23.3 Å². The van der Waals surface area contributed by atoms with E-state index in [4.69, 9.17) is 4.98 Å². The van der Waals surface area contributed by atoms with Crippen LogP contribution in [0, 0.1) is 23.9 Å². The molecule has 236 valence electrons. The third-order valence-electron chi connectivity index (χ3n) is 7.55. The summed E-state index contributed by atoms with van der Waals surface area (Å²) in [4.78, 5) is 33.0. The van der Waals surface area contributed by atoms with Crippen LogP contribution in [0.4, 0.5) is 33.7 Å². The maximum Gasteiger partial charge on any atom is 0.573 e. The average Bonchev–Trinajstić information content (AvgIpc) is 3.36. The number of amides is 2. The van der Waals surface area contributed by atoms with Gasteiger partial charge in [0.15, 0.2) is 6.20 Å². The summed E-state index contributed by atoms with van der Waals surface area (Å²) in [6.45, 7) is 3.57. The lowest BCUT2D eigenvalue weighted by molar-refractivity contribution is -0.614. The SMILES string of the molecule is COC(=O)Nc1ccc2c(c1)NC(=O)C(C)CCCC(c1ccc(-c3cc(F)ccc3OC(F)(F)F)c[n+]1[O-])c1nc-2c(C)[nH]1. The van der Waals surface area contributed by atoms with Gasteiger partial charge in [0.25, 0.3) is 0 Å². The number of ether oxygens (including phenoxy) is 2. The number of carbonyl (C=O) groups is 2. The van der Waals surface area contributed by atoms with Gasteiger partial charge in [0.05, 0.1) is 24.1 Å². The molecule has 0 saturated carbocycles. The molecule has 10 nitrogen and oxygen atoms in total.